The molecule has 0 aromatic carbocycles. The predicted octanol–water partition coefficient (Wildman–Crippen LogP) is 27.6. The van der Waals surface area contributed by atoms with Gasteiger partial charge in [-0.15, -0.1) is 0 Å². The summed E-state index contributed by atoms with van der Waals surface area (Å²) < 4.78 is 53.2. The summed E-state index contributed by atoms with van der Waals surface area (Å²) in [5.74, 6) is 29.7. The summed E-state index contributed by atoms with van der Waals surface area (Å²) in [5.41, 5.74) is 2.25. The first-order valence-electron chi connectivity index (χ1n) is 52.6. The van der Waals surface area contributed by atoms with Crippen molar-refractivity contribution in [2.45, 2.75) is 371 Å². The molecule has 0 bridgehead atoms. The quantitative estimate of drug-likeness (QED) is 0.0473. The fraction of sp³-hybridized carbons (Fsp3) is 0.858. The average Bonchev–Trinajstić information content (AvgIpc) is 1.63. The Morgan fingerprint density at radius 2 is 0.512 bits per heavy atom. The van der Waals surface area contributed by atoms with Crippen LogP contribution in [0.5, 0.6) is 0 Å². The minimum atomic E-state index is -2.61. The van der Waals surface area contributed by atoms with Crippen molar-refractivity contribution < 1.29 is 53.3 Å². The molecule has 0 heterocycles. The van der Waals surface area contributed by atoms with E-state index in [-0.39, 0.29) is 31.0 Å². The summed E-state index contributed by atoms with van der Waals surface area (Å²) >= 11 is 24.1. The Morgan fingerprint density at radius 1 is 0.295 bits per heavy atom. The van der Waals surface area contributed by atoms with Crippen molar-refractivity contribution in [3.8, 4) is 33.9 Å². The van der Waals surface area contributed by atoms with Gasteiger partial charge in [-0.2, -0.15) is 0 Å². The maximum atomic E-state index is 13.3. The van der Waals surface area contributed by atoms with Crippen LogP contribution >= 0.6 is 66.7 Å². The van der Waals surface area contributed by atoms with E-state index in [1.54, 1.807) is 0 Å². The molecule has 7 nitrogen and oxygen atoms in total. The van der Waals surface area contributed by atoms with Gasteiger partial charge in [0, 0.05) is 26.8 Å². The maximum Gasteiger partial charge on any atom is 0.266 e. The third-order valence-electron chi connectivity index (χ3n) is 45.1. The summed E-state index contributed by atoms with van der Waals surface area (Å²) in [4.78, 5) is 0. The largest absolute Gasteiger partial charge is 0.392 e. The lowest BCUT2D eigenvalue weighted by atomic mass is 9.48. The Hall–Kier alpha value is -1.35. The first-order valence-corrected chi connectivity index (χ1v) is 55.9. The van der Waals surface area contributed by atoms with Gasteiger partial charge in [0.05, 0.1) is 13.2 Å². The SMILES string of the molecule is C=C(C)[C@H]1CC[C@H]2[C@@H]3CC[C@@H]4C[C@](O)(C#CCl)CC[C@@H]4[C@H]3CC[C@]12C.C=C(CBr)[C@H]1CC[C@H]2[C@@H]3CC[C@@H]4C[C@](O)(C#CCl)CC[C@@H]4[C@H]3CC[C@]12C.C=C(CBr)[C@H]1CC[C@H]2[C@@H]3CC[C@@H]4C[C@](O)(C(F)F)CC[C@@H]4[C@H]3CC[C@]12C.C=C(CO)[C@H]1CC[C@H]2[C@@H]3CC[C@@H]4C[C@](O)(C#CCl)CC[C@@H]4[C@H]3CC[C@]12C.C=C(CO)[C@H]1CC[C@H]2[C@@H]3CC[C@@H]4C[C@](O)(C(F)F)CC[C@@H]4[C@H]3CC[C@]12C. The Morgan fingerprint density at radius 3 is 0.736 bits per heavy atom. The van der Waals surface area contributed by atoms with E-state index in [4.69, 9.17) is 34.8 Å². The van der Waals surface area contributed by atoms with Crippen molar-refractivity contribution in [2.75, 3.05) is 23.9 Å². The van der Waals surface area contributed by atoms with Crippen LogP contribution in [-0.4, -0.2) is 100 Å². The molecule has 20 aliphatic carbocycles. The molecule has 0 spiro atoms. The molecule has 20 saturated carbocycles. The number of alkyl halides is 6. The van der Waals surface area contributed by atoms with E-state index in [1.165, 1.54) is 184 Å². The van der Waals surface area contributed by atoms with Crippen molar-refractivity contribution in [1.82, 2.24) is 0 Å². The topological polar surface area (TPSA) is 142 Å². The van der Waals surface area contributed by atoms with Crippen LogP contribution in [0.2, 0.25) is 0 Å². The van der Waals surface area contributed by atoms with Gasteiger partial charge in [0.1, 0.15) is 28.0 Å². The molecule has 0 aromatic rings. The van der Waals surface area contributed by atoms with E-state index in [1.807, 2.05) is 0 Å². The molecule has 7 N–H and O–H groups in total. The molecular formula is C113H165Br2Cl3F4O7. The van der Waals surface area contributed by atoms with Crippen molar-refractivity contribution in [2.24, 2.45) is 205 Å². The van der Waals surface area contributed by atoms with Crippen LogP contribution in [0.15, 0.2) is 60.8 Å². The zero-order chi connectivity index (χ0) is 92.3. The molecule has 722 valence electrons. The number of hydrogen-bond donors (Lipinski definition) is 7. The molecule has 0 aliphatic heterocycles. The Labute approximate surface area is 808 Å². The lowest BCUT2D eigenvalue weighted by Crippen LogP contribution is -2.52. The van der Waals surface area contributed by atoms with Gasteiger partial charge in [-0.1, -0.05) is 134 Å². The Kier molecular flexibility index (Phi) is 30.9. The molecule has 0 amide bonds. The lowest BCUT2D eigenvalue weighted by molar-refractivity contribution is -0.159. The standard InChI is InChI=1S/C23H32BrClO.C23H33ClO2.C23H33ClO.C22H33BrF2O.C22H34F2O2/c1-15(14-24)20-5-6-21-19-4-3-16-13-23(26,11-12-25)10-8-17(16)18(19)7-9-22(20,21)2;1-15(14-25)20-5-6-21-19-4-3-16-13-23(26,11-12-24)10-8-17(16)18(19)7-9-22(20,21)2;1-15(2)20-6-7-21-19-5-4-16-14-23(25,12-13-24)11-9-17(16)18(19)8-10-22(20,21)3;1-13(12-23)18-5-6-19-17-4-3-14-11-22(26,20(24)25)10-8-15(14)16(17)7-9-21(18,19)2;1-13(12-25)18-5-6-19-17-4-3-14-11-22(26,20(23)24)10-8-15(14)16(17)7-9-21(18,19)2/h16-21,26H,1,3-10,13-14H2,2H3;16-21,25-26H,1,3-10,13-14H2,2H3;16-21,25H,1,4-11,14H2,2-3H3;14-20,26H,1,3-12H2,2H3;14-20,25-26H,1,3-12H2,2H3/t3*16-,17+,18-,19-,20-,21+,22-,23-;2*14-,15+,16-,17-,18-,19+,21-,22+/m11111/s1. The number of rotatable bonds is 11. The van der Waals surface area contributed by atoms with Crippen molar-refractivity contribution >= 4 is 66.7 Å². The molecule has 0 radical (unpaired) electrons. The van der Waals surface area contributed by atoms with E-state index < -0.39 is 40.9 Å². The van der Waals surface area contributed by atoms with Crippen LogP contribution in [-0.2, 0) is 0 Å². The summed E-state index contributed by atoms with van der Waals surface area (Å²) in [5, 5.41) is 81.3. The number of allylic oxidation sites excluding steroid dienone is 3. The van der Waals surface area contributed by atoms with Crippen LogP contribution in [0.1, 0.15) is 330 Å². The monoisotopic (exact) mass is 1970 g/mol. The summed E-state index contributed by atoms with van der Waals surface area (Å²) in [7, 11) is 0. The number of halogens is 9. The molecule has 0 saturated heterocycles. The molecular weight excluding hydrogens is 1810 g/mol. The second-order valence-corrected chi connectivity index (χ2v) is 51.6. The molecule has 20 rings (SSSR count). The van der Waals surface area contributed by atoms with Gasteiger partial charge in [0.25, 0.3) is 12.9 Å². The van der Waals surface area contributed by atoms with Crippen molar-refractivity contribution in [3.63, 3.8) is 0 Å². The zero-order valence-corrected chi connectivity index (χ0v) is 85.1. The number of hydrogen-bond acceptors (Lipinski definition) is 7. The highest BCUT2D eigenvalue weighted by Crippen LogP contribution is 2.73. The van der Waals surface area contributed by atoms with E-state index in [0.717, 1.165) is 207 Å². The average molecular weight is 1980 g/mol. The minimum absolute atomic E-state index is 0.0952. The van der Waals surface area contributed by atoms with Crippen molar-refractivity contribution in [3.05, 3.63) is 60.8 Å². The second-order valence-electron chi connectivity index (χ2n) is 49.9. The Balaban J connectivity index is 0.000000118. The maximum absolute atomic E-state index is 13.3. The van der Waals surface area contributed by atoms with Gasteiger partial charge in [-0.25, -0.2) is 17.6 Å². The van der Waals surface area contributed by atoms with Gasteiger partial charge in [0.15, 0.2) is 0 Å². The van der Waals surface area contributed by atoms with Gasteiger partial charge in [-0.05, 0) is 546 Å². The number of aliphatic hydroxyl groups is 7. The van der Waals surface area contributed by atoms with Gasteiger partial charge < -0.3 is 35.7 Å². The minimum Gasteiger partial charge on any atom is -0.392 e. The summed E-state index contributed by atoms with van der Waals surface area (Å²) in [6, 6.07) is 0. The molecule has 0 aromatic heterocycles. The van der Waals surface area contributed by atoms with E-state index in [0.29, 0.717) is 124 Å². The first kappa shape index (κ1) is 101. The molecule has 40 atom stereocenters. The van der Waals surface area contributed by atoms with Crippen LogP contribution in [0.4, 0.5) is 17.6 Å². The molecule has 129 heavy (non-hydrogen) atoms. The smallest absolute Gasteiger partial charge is 0.266 e. The number of fused-ring (bicyclic) bond motifs is 25. The normalized spacial score (nSPS) is 50.6. The fourth-order valence-corrected chi connectivity index (χ4v) is 40.7. The third kappa shape index (κ3) is 18.6. The highest BCUT2D eigenvalue weighted by molar-refractivity contribution is 9.09. The van der Waals surface area contributed by atoms with Gasteiger partial charge >= 0.3 is 0 Å². The molecule has 20 aliphatic rings. The van der Waals surface area contributed by atoms with Crippen LogP contribution in [0, 0.1) is 239 Å². The van der Waals surface area contributed by atoms with E-state index in [9.17, 15) is 53.3 Å². The number of aliphatic hydroxyl groups excluding tert-OH is 2. The summed E-state index contributed by atoms with van der Waals surface area (Å²) in [6.45, 7) is 36.4. The van der Waals surface area contributed by atoms with Crippen LogP contribution in [0.25, 0.3) is 0 Å². The van der Waals surface area contributed by atoms with Gasteiger partial charge in [-0.3, -0.25) is 0 Å². The molecule has 20 fully saturated rings. The highest BCUT2D eigenvalue weighted by Gasteiger charge is 2.66. The predicted molar refractivity (Wildman–Crippen MR) is 524 cm³/mol. The third-order valence-corrected chi connectivity index (χ3v) is 46.8. The van der Waals surface area contributed by atoms with Crippen LogP contribution in [0.3, 0.4) is 0 Å². The lowest BCUT2D eigenvalue weighted by Gasteiger charge is -2.57. The Bertz CT molecular complexity index is 4030. The zero-order valence-electron chi connectivity index (χ0n) is 79.7. The van der Waals surface area contributed by atoms with Crippen LogP contribution < -0.4 is 0 Å². The summed E-state index contributed by atoms with van der Waals surface area (Å²) in [6.07, 6.45) is 43.9. The molecule has 0 unspecified atom stereocenters. The fourth-order valence-electron chi connectivity index (χ4n) is 39.4. The highest BCUT2D eigenvalue weighted by atomic mass is 79.9. The molecule has 16 heteroatoms. The van der Waals surface area contributed by atoms with Gasteiger partial charge in [0.2, 0.25) is 0 Å². The first-order chi connectivity index (χ1) is 61.3. The van der Waals surface area contributed by atoms with Crippen molar-refractivity contribution in [1.29, 1.82) is 0 Å². The van der Waals surface area contributed by atoms with E-state index in [2.05, 4.69) is 140 Å². The van der Waals surface area contributed by atoms with E-state index >= 15 is 0 Å². The second kappa shape index (κ2) is 39.6.